The highest BCUT2D eigenvalue weighted by molar-refractivity contribution is 7.88. The van der Waals surface area contributed by atoms with Crippen LogP contribution in [0.3, 0.4) is 0 Å². The summed E-state index contributed by atoms with van der Waals surface area (Å²) < 4.78 is 44.6. The summed E-state index contributed by atoms with van der Waals surface area (Å²) in [4.78, 5) is 0. The van der Waals surface area contributed by atoms with E-state index in [9.17, 15) is 12.8 Å². The molecular formula is C15H13FN2O3S. The van der Waals surface area contributed by atoms with Gasteiger partial charge in [-0.2, -0.15) is 0 Å². The first-order valence-corrected chi connectivity index (χ1v) is 8.24. The number of hydrogen-bond acceptors (Lipinski definition) is 4. The second kappa shape index (κ2) is 5.86. The number of halogens is 1. The molecule has 2 aromatic carbocycles. The van der Waals surface area contributed by atoms with Crippen LogP contribution in [0.5, 0.6) is 0 Å². The average Bonchev–Trinajstić information content (AvgIpc) is 2.90. The molecular weight excluding hydrogens is 307 g/mol. The summed E-state index contributed by atoms with van der Waals surface area (Å²) in [5.74, 6) is -0.633. The van der Waals surface area contributed by atoms with E-state index in [4.69, 9.17) is 4.52 Å². The van der Waals surface area contributed by atoms with Gasteiger partial charge in [-0.15, -0.1) is 0 Å². The third kappa shape index (κ3) is 3.32. The second-order valence-electron chi connectivity index (χ2n) is 4.83. The Morgan fingerprint density at radius 2 is 1.82 bits per heavy atom. The monoisotopic (exact) mass is 320 g/mol. The van der Waals surface area contributed by atoms with Crippen molar-refractivity contribution in [2.75, 3.05) is 0 Å². The molecule has 0 saturated heterocycles. The van der Waals surface area contributed by atoms with Gasteiger partial charge in [0.1, 0.15) is 17.3 Å². The van der Waals surface area contributed by atoms with Crippen LogP contribution in [0.25, 0.3) is 11.0 Å². The molecule has 114 valence electrons. The number of fused-ring (bicyclic) bond motifs is 1. The minimum absolute atomic E-state index is 0.0956. The Hall–Kier alpha value is -2.25. The van der Waals surface area contributed by atoms with Gasteiger partial charge in [0.05, 0.1) is 0 Å². The van der Waals surface area contributed by atoms with Gasteiger partial charge in [0.15, 0.2) is 5.58 Å². The van der Waals surface area contributed by atoms with Crippen molar-refractivity contribution in [3.8, 4) is 0 Å². The largest absolute Gasteiger partial charge is 0.356 e. The second-order valence-corrected chi connectivity index (χ2v) is 6.64. The van der Waals surface area contributed by atoms with Gasteiger partial charge in [0.25, 0.3) is 0 Å². The van der Waals surface area contributed by atoms with Crippen LogP contribution in [-0.4, -0.2) is 13.6 Å². The fraction of sp³-hybridized carbons (Fsp3) is 0.133. The van der Waals surface area contributed by atoms with E-state index in [0.29, 0.717) is 22.2 Å². The zero-order valence-corrected chi connectivity index (χ0v) is 12.3. The van der Waals surface area contributed by atoms with Gasteiger partial charge in [0, 0.05) is 11.9 Å². The number of aromatic nitrogens is 1. The quantitative estimate of drug-likeness (QED) is 0.784. The highest BCUT2D eigenvalue weighted by Gasteiger charge is 2.17. The zero-order valence-electron chi connectivity index (χ0n) is 11.5. The Labute approximate surface area is 126 Å². The van der Waals surface area contributed by atoms with Crippen LogP contribution in [0, 0.1) is 5.82 Å². The molecule has 1 heterocycles. The molecule has 0 amide bonds. The van der Waals surface area contributed by atoms with Crippen LogP contribution in [0.4, 0.5) is 4.39 Å². The highest BCUT2D eigenvalue weighted by Crippen LogP contribution is 2.19. The molecule has 0 fully saturated rings. The van der Waals surface area contributed by atoms with E-state index in [2.05, 4.69) is 9.88 Å². The molecule has 0 unspecified atom stereocenters. The summed E-state index contributed by atoms with van der Waals surface area (Å²) in [7, 11) is -3.57. The number of benzene rings is 2. The molecule has 0 bridgehead atoms. The molecule has 22 heavy (non-hydrogen) atoms. The maximum Gasteiger partial charge on any atom is 0.217 e. The summed E-state index contributed by atoms with van der Waals surface area (Å²) in [6, 6.07) is 12.7. The van der Waals surface area contributed by atoms with Crippen LogP contribution in [0.2, 0.25) is 0 Å². The Morgan fingerprint density at radius 1 is 1.09 bits per heavy atom. The molecule has 7 heteroatoms. The smallest absolute Gasteiger partial charge is 0.217 e. The lowest BCUT2D eigenvalue weighted by molar-refractivity contribution is 0.448. The maximum atomic E-state index is 12.8. The minimum Gasteiger partial charge on any atom is -0.356 e. The SMILES string of the molecule is O=S(=O)(Cc1noc2ccccc12)NCc1ccc(F)cc1. The fourth-order valence-corrected chi connectivity index (χ4v) is 3.13. The number of nitrogens with zero attached hydrogens (tertiary/aromatic N) is 1. The molecule has 1 N–H and O–H groups in total. The molecule has 0 aliphatic heterocycles. The van der Waals surface area contributed by atoms with Gasteiger partial charge in [-0.05, 0) is 29.8 Å². The fourth-order valence-electron chi connectivity index (χ4n) is 2.07. The Kier molecular flexibility index (Phi) is 3.91. The Balaban J connectivity index is 1.72. The van der Waals surface area contributed by atoms with Gasteiger partial charge in [-0.3, -0.25) is 0 Å². The molecule has 5 nitrogen and oxygen atoms in total. The predicted octanol–water partition coefficient (Wildman–Crippen LogP) is 2.59. The molecule has 0 atom stereocenters. The van der Waals surface area contributed by atoms with Gasteiger partial charge >= 0.3 is 0 Å². The standard InChI is InChI=1S/C15H13FN2O3S/c16-12-7-5-11(6-8-12)9-17-22(19,20)10-14-13-3-1-2-4-15(13)21-18-14/h1-8,17H,9-10H2. The third-order valence-electron chi connectivity index (χ3n) is 3.19. The Morgan fingerprint density at radius 3 is 2.59 bits per heavy atom. The van der Waals surface area contributed by atoms with E-state index in [0.717, 1.165) is 0 Å². The first-order chi connectivity index (χ1) is 10.5. The average molecular weight is 320 g/mol. The van der Waals surface area contributed by atoms with Crippen LogP contribution in [0.15, 0.2) is 53.1 Å². The van der Waals surface area contributed by atoms with E-state index < -0.39 is 10.0 Å². The number of hydrogen-bond donors (Lipinski definition) is 1. The lowest BCUT2D eigenvalue weighted by Crippen LogP contribution is -2.24. The van der Waals surface area contributed by atoms with Crippen molar-refractivity contribution in [1.82, 2.24) is 9.88 Å². The topological polar surface area (TPSA) is 72.2 Å². The van der Waals surface area contributed by atoms with E-state index in [1.54, 1.807) is 24.3 Å². The van der Waals surface area contributed by atoms with E-state index in [-0.39, 0.29) is 18.1 Å². The molecule has 1 aromatic heterocycles. The number of para-hydroxylation sites is 1. The first kappa shape index (κ1) is 14.7. The van der Waals surface area contributed by atoms with Crippen LogP contribution in [0.1, 0.15) is 11.3 Å². The van der Waals surface area contributed by atoms with Gasteiger partial charge in [-0.1, -0.05) is 29.4 Å². The number of rotatable bonds is 5. The first-order valence-electron chi connectivity index (χ1n) is 6.58. The predicted molar refractivity (Wildman–Crippen MR) is 79.9 cm³/mol. The molecule has 0 spiro atoms. The summed E-state index contributed by atoms with van der Waals surface area (Å²) in [5.41, 5.74) is 1.59. The molecule has 3 rings (SSSR count). The van der Waals surface area contributed by atoms with Gasteiger partial charge < -0.3 is 4.52 Å². The van der Waals surface area contributed by atoms with Crippen molar-refractivity contribution in [3.05, 3.63) is 65.6 Å². The van der Waals surface area contributed by atoms with Gasteiger partial charge in [0.2, 0.25) is 10.0 Å². The summed E-state index contributed by atoms with van der Waals surface area (Å²) in [6.07, 6.45) is 0. The van der Waals surface area contributed by atoms with Crippen LogP contribution in [-0.2, 0) is 22.3 Å². The molecule has 0 radical (unpaired) electrons. The number of nitrogens with one attached hydrogen (secondary N) is 1. The van der Waals surface area contributed by atoms with E-state index in [1.165, 1.54) is 24.3 Å². The summed E-state index contributed by atoms with van der Waals surface area (Å²) >= 11 is 0. The van der Waals surface area contributed by atoms with Crippen molar-refractivity contribution >= 4 is 21.0 Å². The van der Waals surface area contributed by atoms with E-state index in [1.807, 2.05) is 0 Å². The number of sulfonamides is 1. The third-order valence-corrected chi connectivity index (χ3v) is 4.43. The van der Waals surface area contributed by atoms with Crippen molar-refractivity contribution in [3.63, 3.8) is 0 Å². The lowest BCUT2D eigenvalue weighted by atomic mass is 10.2. The van der Waals surface area contributed by atoms with Crippen LogP contribution >= 0.6 is 0 Å². The maximum absolute atomic E-state index is 12.8. The highest BCUT2D eigenvalue weighted by atomic mass is 32.2. The summed E-state index contributed by atoms with van der Waals surface area (Å²) in [6.45, 7) is 0.0956. The van der Waals surface area contributed by atoms with Crippen molar-refractivity contribution in [2.45, 2.75) is 12.3 Å². The van der Waals surface area contributed by atoms with Crippen LogP contribution < -0.4 is 4.72 Å². The lowest BCUT2D eigenvalue weighted by Gasteiger charge is -2.05. The van der Waals surface area contributed by atoms with E-state index >= 15 is 0 Å². The molecule has 0 saturated carbocycles. The Bertz CT molecular complexity index is 889. The minimum atomic E-state index is -3.57. The molecule has 0 aliphatic carbocycles. The van der Waals surface area contributed by atoms with Crippen molar-refractivity contribution in [1.29, 1.82) is 0 Å². The zero-order chi connectivity index (χ0) is 15.6. The van der Waals surface area contributed by atoms with Crippen molar-refractivity contribution in [2.24, 2.45) is 0 Å². The molecule has 0 aliphatic rings. The molecule has 3 aromatic rings. The normalized spacial score (nSPS) is 11.9. The van der Waals surface area contributed by atoms with Crippen molar-refractivity contribution < 1.29 is 17.3 Å². The summed E-state index contributed by atoms with van der Waals surface area (Å²) in [5, 5.41) is 4.48. The van der Waals surface area contributed by atoms with Gasteiger partial charge in [-0.25, -0.2) is 17.5 Å².